The fourth-order valence-electron chi connectivity index (χ4n) is 1.85. The minimum absolute atomic E-state index is 0.230. The molecule has 0 aromatic carbocycles. The Morgan fingerprint density at radius 1 is 0.962 bits per heavy atom. The summed E-state index contributed by atoms with van der Waals surface area (Å²) >= 11 is 1.45. The number of thioether (sulfide) groups is 1. The van der Waals surface area contributed by atoms with Gasteiger partial charge in [0.1, 0.15) is 18.6 Å². The van der Waals surface area contributed by atoms with Crippen molar-refractivity contribution in [2.24, 2.45) is 5.73 Å². The van der Waals surface area contributed by atoms with Crippen LogP contribution in [0.3, 0.4) is 0 Å². The summed E-state index contributed by atoms with van der Waals surface area (Å²) in [5.41, 5.74) is 5.21. The Balaban J connectivity index is 5.04. The van der Waals surface area contributed by atoms with E-state index in [0.717, 1.165) is 0 Å². The molecule has 12 heteroatoms. The molecule has 2 unspecified atom stereocenters. The van der Waals surface area contributed by atoms with Gasteiger partial charge in [0, 0.05) is 6.42 Å². The largest absolute Gasteiger partial charge is 0.481 e. The van der Waals surface area contributed by atoms with Crippen molar-refractivity contribution in [3.8, 4) is 0 Å². The molecule has 0 aromatic heterocycles. The number of hydrogen-bond acceptors (Lipinski definition) is 7. The van der Waals surface area contributed by atoms with E-state index in [1.165, 1.54) is 11.8 Å². The highest BCUT2D eigenvalue weighted by atomic mass is 32.2. The third-order valence-electron chi connectivity index (χ3n) is 3.14. The van der Waals surface area contributed by atoms with Gasteiger partial charge in [-0.3, -0.25) is 24.0 Å². The number of nitrogens with one attached hydrogen (secondary N) is 3. The van der Waals surface area contributed by atoms with Crippen LogP contribution in [0.2, 0.25) is 0 Å². The second kappa shape index (κ2) is 12.9. The van der Waals surface area contributed by atoms with Gasteiger partial charge in [0.25, 0.3) is 0 Å². The Kier molecular flexibility index (Phi) is 11.8. The van der Waals surface area contributed by atoms with E-state index >= 15 is 0 Å². The fourth-order valence-corrected chi connectivity index (χ4v) is 2.32. The van der Waals surface area contributed by atoms with E-state index in [1.807, 2.05) is 6.26 Å². The Hall–Kier alpha value is -2.34. The fraction of sp³-hybridized carbons (Fsp3) is 0.643. The van der Waals surface area contributed by atoms with Gasteiger partial charge in [0.05, 0.1) is 6.54 Å². The highest BCUT2D eigenvalue weighted by Crippen LogP contribution is 2.04. The van der Waals surface area contributed by atoms with Gasteiger partial charge in [0.2, 0.25) is 17.7 Å². The smallest absolute Gasteiger partial charge is 0.322 e. The first-order valence-corrected chi connectivity index (χ1v) is 9.10. The van der Waals surface area contributed by atoms with E-state index in [2.05, 4.69) is 16.0 Å². The van der Waals surface area contributed by atoms with Crippen molar-refractivity contribution < 1.29 is 34.2 Å². The summed E-state index contributed by atoms with van der Waals surface area (Å²) in [6.07, 6.45) is 1.46. The minimum Gasteiger partial charge on any atom is -0.481 e. The standard InChI is InChI=1S/C14H24N4O7S/c1-26-5-4-9(17-10(19)6-15)14(25)18-8(2-3-11(20)21)13(24)16-7-12(22)23/h8-9H,2-7,15H2,1H3,(H,16,24)(H,17,19)(H,18,25)(H,20,21)(H,22,23). The Morgan fingerprint density at radius 2 is 1.58 bits per heavy atom. The molecule has 0 heterocycles. The van der Waals surface area contributed by atoms with Gasteiger partial charge in [-0.15, -0.1) is 0 Å². The number of aliphatic carboxylic acids is 2. The number of nitrogens with two attached hydrogens (primary N) is 1. The van der Waals surface area contributed by atoms with E-state index in [0.29, 0.717) is 5.75 Å². The number of rotatable bonds is 13. The number of carbonyl (C=O) groups excluding carboxylic acids is 3. The van der Waals surface area contributed by atoms with Crippen molar-refractivity contribution in [2.45, 2.75) is 31.3 Å². The zero-order valence-corrected chi connectivity index (χ0v) is 15.1. The average Bonchev–Trinajstić information content (AvgIpc) is 2.59. The maximum atomic E-state index is 12.4. The number of carboxylic acid groups (broad SMARTS) is 2. The van der Waals surface area contributed by atoms with Crippen LogP contribution >= 0.6 is 11.8 Å². The molecule has 0 fully saturated rings. The SMILES string of the molecule is CSCCC(NC(=O)CN)C(=O)NC(CCC(=O)O)C(=O)NCC(=O)O. The van der Waals surface area contributed by atoms with Crippen LogP contribution in [0.4, 0.5) is 0 Å². The highest BCUT2D eigenvalue weighted by molar-refractivity contribution is 7.98. The summed E-state index contributed by atoms with van der Waals surface area (Å²) in [6, 6.07) is -2.19. The third-order valence-corrected chi connectivity index (χ3v) is 3.79. The molecule has 7 N–H and O–H groups in total. The Labute approximate surface area is 154 Å². The monoisotopic (exact) mass is 392 g/mol. The lowest BCUT2D eigenvalue weighted by Crippen LogP contribution is -2.55. The molecular weight excluding hydrogens is 368 g/mol. The molecule has 0 saturated heterocycles. The van der Waals surface area contributed by atoms with Crippen LogP contribution in [0.5, 0.6) is 0 Å². The van der Waals surface area contributed by atoms with Crippen LogP contribution in [0.1, 0.15) is 19.3 Å². The molecule has 26 heavy (non-hydrogen) atoms. The minimum atomic E-state index is -1.28. The molecule has 0 aliphatic heterocycles. The second-order valence-electron chi connectivity index (χ2n) is 5.21. The molecule has 0 aromatic rings. The molecule has 3 amide bonds. The van der Waals surface area contributed by atoms with Crippen LogP contribution < -0.4 is 21.7 Å². The number of hydrogen-bond donors (Lipinski definition) is 6. The van der Waals surface area contributed by atoms with Crippen LogP contribution in [-0.4, -0.2) is 77.1 Å². The van der Waals surface area contributed by atoms with E-state index < -0.39 is 54.7 Å². The van der Waals surface area contributed by atoms with Gasteiger partial charge in [0.15, 0.2) is 0 Å². The lowest BCUT2D eigenvalue weighted by atomic mass is 10.1. The summed E-state index contributed by atoms with van der Waals surface area (Å²) < 4.78 is 0. The summed E-state index contributed by atoms with van der Waals surface area (Å²) in [5.74, 6) is -3.96. The van der Waals surface area contributed by atoms with Crippen molar-refractivity contribution >= 4 is 41.4 Å². The molecule has 2 atom stereocenters. The van der Waals surface area contributed by atoms with Crippen molar-refractivity contribution in [2.75, 3.05) is 25.1 Å². The normalized spacial score (nSPS) is 12.5. The van der Waals surface area contributed by atoms with Gasteiger partial charge < -0.3 is 31.9 Å². The maximum Gasteiger partial charge on any atom is 0.322 e. The lowest BCUT2D eigenvalue weighted by molar-refractivity contribution is -0.140. The van der Waals surface area contributed by atoms with Gasteiger partial charge >= 0.3 is 11.9 Å². The van der Waals surface area contributed by atoms with E-state index in [-0.39, 0.29) is 19.4 Å². The molecule has 0 bridgehead atoms. The van der Waals surface area contributed by atoms with Gasteiger partial charge in [-0.1, -0.05) is 0 Å². The highest BCUT2D eigenvalue weighted by Gasteiger charge is 2.27. The zero-order chi connectivity index (χ0) is 20.1. The predicted molar refractivity (Wildman–Crippen MR) is 93.4 cm³/mol. The van der Waals surface area contributed by atoms with E-state index in [1.54, 1.807) is 0 Å². The molecule has 0 aliphatic carbocycles. The van der Waals surface area contributed by atoms with Crippen LogP contribution in [0.15, 0.2) is 0 Å². The van der Waals surface area contributed by atoms with Crippen LogP contribution in [0.25, 0.3) is 0 Å². The quantitative estimate of drug-likeness (QED) is 0.201. The summed E-state index contributed by atoms with van der Waals surface area (Å²) in [4.78, 5) is 57.1. The summed E-state index contributed by atoms with van der Waals surface area (Å²) in [7, 11) is 0. The molecule has 11 nitrogen and oxygen atoms in total. The van der Waals surface area contributed by atoms with Crippen molar-refractivity contribution in [3.63, 3.8) is 0 Å². The third kappa shape index (κ3) is 10.5. The topological polar surface area (TPSA) is 188 Å². The first-order valence-electron chi connectivity index (χ1n) is 7.71. The molecular formula is C14H24N4O7S. The molecule has 148 valence electrons. The van der Waals surface area contributed by atoms with Gasteiger partial charge in [-0.05, 0) is 24.9 Å². The second-order valence-corrected chi connectivity index (χ2v) is 6.20. The predicted octanol–water partition coefficient (Wildman–Crippen LogP) is -2.27. The lowest BCUT2D eigenvalue weighted by Gasteiger charge is -2.22. The van der Waals surface area contributed by atoms with E-state index in [9.17, 15) is 24.0 Å². The van der Waals surface area contributed by atoms with E-state index in [4.69, 9.17) is 15.9 Å². The molecule has 0 spiro atoms. The zero-order valence-electron chi connectivity index (χ0n) is 14.3. The average molecular weight is 392 g/mol. The van der Waals surface area contributed by atoms with Crippen molar-refractivity contribution in [1.29, 1.82) is 0 Å². The van der Waals surface area contributed by atoms with Crippen LogP contribution in [-0.2, 0) is 24.0 Å². The van der Waals surface area contributed by atoms with Crippen LogP contribution in [0, 0.1) is 0 Å². The number of carbonyl (C=O) groups is 5. The molecule has 0 saturated carbocycles. The first-order chi connectivity index (χ1) is 12.2. The van der Waals surface area contributed by atoms with Crippen molar-refractivity contribution in [1.82, 2.24) is 16.0 Å². The summed E-state index contributed by atoms with van der Waals surface area (Å²) in [5, 5.41) is 24.2. The Morgan fingerprint density at radius 3 is 2.08 bits per heavy atom. The number of amides is 3. The molecule has 0 aliphatic rings. The maximum absolute atomic E-state index is 12.4. The Bertz CT molecular complexity index is 529. The van der Waals surface area contributed by atoms with Gasteiger partial charge in [-0.25, -0.2) is 0 Å². The van der Waals surface area contributed by atoms with Crippen molar-refractivity contribution in [3.05, 3.63) is 0 Å². The molecule has 0 radical (unpaired) electrons. The summed E-state index contributed by atoms with van der Waals surface area (Å²) in [6.45, 7) is -0.983. The number of carboxylic acids is 2. The van der Waals surface area contributed by atoms with Gasteiger partial charge in [-0.2, -0.15) is 11.8 Å². The first kappa shape index (κ1) is 23.7. The molecule has 0 rings (SSSR count).